The topological polar surface area (TPSA) is 55.5 Å². The summed E-state index contributed by atoms with van der Waals surface area (Å²) in [5.74, 6) is 0. The Morgan fingerprint density at radius 1 is 0.944 bits per heavy atom. The van der Waals surface area contributed by atoms with Crippen molar-refractivity contribution in [1.29, 1.82) is 0 Å². The smallest absolute Gasteiger partial charge is 0.0611 e. The zero-order valence-corrected chi connectivity index (χ0v) is 12.4. The van der Waals surface area contributed by atoms with Gasteiger partial charge in [-0.3, -0.25) is 0 Å². The van der Waals surface area contributed by atoms with E-state index in [1.165, 1.54) is 38.5 Å². The molecule has 1 atom stereocenters. The number of rotatable bonds is 13. The molecule has 0 heterocycles. The molecule has 0 aromatic carbocycles. The molecule has 0 bridgehead atoms. The normalized spacial score (nSPS) is 14.7. The van der Waals surface area contributed by atoms with Crippen molar-refractivity contribution in [3.05, 3.63) is 0 Å². The molecule has 0 aliphatic rings. The van der Waals surface area contributed by atoms with Crippen LogP contribution in [0.25, 0.3) is 0 Å². The Morgan fingerprint density at radius 3 is 2.17 bits per heavy atom. The minimum atomic E-state index is -0.399. The molecule has 0 aromatic rings. The van der Waals surface area contributed by atoms with Crippen molar-refractivity contribution in [2.45, 2.75) is 77.2 Å². The molecule has 3 nitrogen and oxygen atoms in total. The fraction of sp³-hybridized carbons (Fsp3) is 1.00. The minimum Gasteiger partial charge on any atom is -0.394 e. The predicted octanol–water partition coefficient (Wildman–Crippen LogP) is 3.24. The van der Waals surface area contributed by atoms with E-state index < -0.39 is 5.54 Å². The van der Waals surface area contributed by atoms with Crippen molar-refractivity contribution in [2.24, 2.45) is 5.73 Å². The van der Waals surface area contributed by atoms with Crippen molar-refractivity contribution in [1.82, 2.24) is 0 Å². The van der Waals surface area contributed by atoms with Crippen LogP contribution in [-0.4, -0.2) is 30.5 Å². The van der Waals surface area contributed by atoms with Gasteiger partial charge in [0.2, 0.25) is 0 Å². The van der Waals surface area contributed by atoms with Gasteiger partial charge in [-0.2, -0.15) is 0 Å². The Morgan fingerprint density at radius 2 is 1.56 bits per heavy atom. The molecule has 1 unspecified atom stereocenters. The summed E-state index contributed by atoms with van der Waals surface area (Å²) in [5, 5.41) is 9.16. The summed E-state index contributed by atoms with van der Waals surface area (Å²) in [6.07, 6.45) is 10.4. The fourth-order valence-electron chi connectivity index (χ4n) is 1.98. The number of hydrogen-bond donors (Lipinski definition) is 2. The average Bonchev–Trinajstić information content (AvgIpc) is 2.40. The van der Waals surface area contributed by atoms with Crippen LogP contribution in [0.3, 0.4) is 0 Å². The molecule has 0 aliphatic heterocycles. The first-order valence-corrected chi connectivity index (χ1v) is 7.66. The van der Waals surface area contributed by atoms with Gasteiger partial charge in [-0.05, 0) is 25.7 Å². The first kappa shape index (κ1) is 17.9. The summed E-state index contributed by atoms with van der Waals surface area (Å²) in [5.41, 5.74) is 5.60. The fourth-order valence-corrected chi connectivity index (χ4v) is 1.98. The van der Waals surface area contributed by atoms with Gasteiger partial charge in [0, 0.05) is 18.8 Å². The summed E-state index contributed by atoms with van der Waals surface area (Å²) in [6.45, 7) is 5.97. The Hall–Kier alpha value is -0.120. The first-order valence-electron chi connectivity index (χ1n) is 7.66. The van der Waals surface area contributed by atoms with E-state index in [0.717, 1.165) is 32.5 Å². The van der Waals surface area contributed by atoms with Gasteiger partial charge in [0.05, 0.1) is 6.61 Å². The molecular formula is C15H33NO2. The van der Waals surface area contributed by atoms with Crippen LogP contribution in [0.2, 0.25) is 0 Å². The summed E-state index contributed by atoms with van der Waals surface area (Å²) in [4.78, 5) is 0. The molecule has 0 aliphatic carbocycles. The summed E-state index contributed by atoms with van der Waals surface area (Å²) in [7, 11) is 0. The van der Waals surface area contributed by atoms with Crippen molar-refractivity contribution < 1.29 is 9.84 Å². The number of unbranched alkanes of at least 4 members (excludes halogenated alkanes) is 5. The quantitative estimate of drug-likeness (QED) is 0.499. The standard InChI is InChI=1S/C15H33NO2/c1-3-5-6-7-8-9-12-18-13-10-11-15(16,4-2)14-17/h17H,3-14,16H2,1-2H3. The van der Waals surface area contributed by atoms with E-state index in [4.69, 9.17) is 15.6 Å². The lowest BCUT2D eigenvalue weighted by molar-refractivity contribution is 0.111. The van der Waals surface area contributed by atoms with Crippen LogP contribution in [0.1, 0.15) is 71.6 Å². The third-order valence-electron chi connectivity index (χ3n) is 3.62. The van der Waals surface area contributed by atoms with Gasteiger partial charge in [0.25, 0.3) is 0 Å². The molecule has 0 rings (SSSR count). The largest absolute Gasteiger partial charge is 0.394 e. The predicted molar refractivity (Wildman–Crippen MR) is 77.7 cm³/mol. The second-order valence-corrected chi connectivity index (χ2v) is 5.36. The van der Waals surface area contributed by atoms with Gasteiger partial charge in [-0.25, -0.2) is 0 Å². The SMILES string of the molecule is CCCCCCCCOCCCC(N)(CC)CO. The van der Waals surface area contributed by atoms with Crippen LogP contribution in [0.15, 0.2) is 0 Å². The maximum atomic E-state index is 9.16. The Bertz CT molecular complexity index is 170. The lowest BCUT2D eigenvalue weighted by atomic mass is 9.93. The monoisotopic (exact) mass is 259 g/mol. The summed E-state index contributed by atoms with van der Waals surface area (Å²) < 4.78 is 5.59. The lowest BCUT2D eigenvalue weighted by Crippen LogP contribution is -2.43. The molecule has 110 valence electrons. The second-order valence-electron chi connectivity index (χ2n) is 5.36. The molecule has 0 fully saturated rings. The van der Waals surface area contributed by atoms with E-state index in [-0.39, 0.29) is 6.61 Å². The van der Waals surface area contributed by atoms with Crippen molar-refractivity contribution in [3.8, 4) is 0 Å². The van der Waals surface area contributed by atoms with Crippen LogP contribution in [0, 0.1) is 0 Å². The highest BCUT2D eigenvalue weighted by atomic mass is 16.5. The zero-order valence-electron chi connectivity index (χ0n) is 12.4. The molecule has 0 spiro atoms. The number of aliphatic hydroxyl groups is 1. The molecule has 0 amide bonds. The van der Waals surface area contributed by atoms with Gasteiger partial charge < -0.3 is 15.6 Å². The van der Waals surface area contributed by atoms with Crippen LogP contribution >= 0.6 is 0 Å². The van der Waals surface area contributed by atoms with E-state index in [0.29, 0.717) is 0 Å². The number of ether oxygens (including phenoxy) is 1. The molecule has 0 aromatic heterocycles. The molecule has 0 saturated carbocycles. The van der Waals surface area contributed by atoms with Crippen LogP contribution in [-0.2, 0) is 4.74 Å². The third kappa shape index (κ3) is 9.86. The number of nitrogens with two attached hydrogens (primary N) is 1. The van der Waals surface area contributed by atoms with Crippen LogP contribution in [0.5, 0.6) is 0 Å². The third-order valence-corrected chi connectivity index (χ3v) is 3.62. The van der Waals surface area contributed by atoms with Crippen molar-refractivity contribution in [2.75, 3.05) is 19.8 Å². The summed E-state index contributed by atoms with van der Waals surface area (Å²) >= 11 is 0. The molecule has 0 saturated heterocycles. The molecular weight excluding hydrogens is 226 g/mol. The highest BCUT2D eigenvalue weighted by molar-refractivity contribution is 4.81. The van der Waals surface area contributed by atoms with Gasteiger partial charge >= 0.3 is 0 Å². The van der Waals surface area contributed by atoms with Gasteiger partial charge in [-0.1, -0.05) is 46.0 Å². The second kappa shape index (κ2) is 11.9. The van der Waals surface area contributed by atoms with E-state index in [1.54, 1.807) is 0 Å². The van der Waals surface area contributed by atoms with E-state index in [1.807, 2.05) is 6.92 Å². The van der Waals surface area contributed by atoms with Crippen molar-refractivity contribution in [3.63, 3.8) is 0 Å². The van der Waals surface area contributed by atoms with E-state index in [9.17, 15) is 0 Å². The van der Waals surface area contributed by atoms with Gasteiger partial charge in [-0.15, -0.1) is 0 Å². The molecule has 18 heavy (non-hydrogen) atoms. The highest BCUT2D eigenvalue weighted by Gasteiger charge is 2.20. The Labute approximate surface area is 113 Å². The molecule has 3 heteroatoms. The maximum absolute atomic E-state index is 9.16. The van der Waals surface area contributed by atoms with Crippen molar-refractivity contribution >= 4 is 0 Å². The first-order chi connectivity index (χ1) is 8.68. The van der Waals surface area contributed by atoms with E-state index in [2.05, 4.69) is 6.92 Å². The molecule has 0 radical (unpaired) electrons. The summed E-state index contributed by atoms with van der Waals surface area (Å²) in [6, 6.07) is 0. The number of hydrogen-bond acceptors (Lipinski definition) is 3. The van der Waals surface area contributed by atoms with Crippen LogP contribution in [0.4, 0.5) is 0 Å². The average molecular weight is 259 g/mol. The number of aliphatic hydroxyl groups excluding tert-OH is 1. The highest BCUT2D eigenvalue weighted by Crippen LogP contribution is 2.13. The zero-order chi connectivity index (χ0) is 13.7. The Balaban J connectivity index is 3.21. The maximum Gasteiger partial charge on any atom is 0.0611 e. The lowest BCUT2D eigenvalue weighted by Gasteiger charge is -2.25. The van der Waals surface area contributed by atoms with Gasteiger partial charge in [0.1, 0.15) is 0 Å². The minimum absolute atomic E-state index is 0.0704. The molecule has 3 N–H and O–H groups in total. The van der Waals surface area contributed by atoms with Crippen LogP contribution < -0.4 is 5.73 Å². The van der Waals surface area contributed by atoms with Gasteiger partial charge in [0.15, 0.2) is 0 Å². The Kier molecular flexibility index (Phi) is 11.9. The van der Waals surface area contributed by atoms with E-state index >= 15 is 0 Å².